The van der Waals surface area contributed by atoms with Gasteiger partial charge in [0.05, 0.1) is 11.9 Å². The third kappa shape index (κ3) is 3.11. The maximum atomic E-state index is 12.8. The van der Waals surface area contributed by atoms with E-state index in [1.807, 2.05) is 18.2 Å². The highest BCUT2D eigenvalue weighted by Crippen LogP contribution is 2.26. The molecule has 6 nitrogen and oxygen atoms in total. The number of aromatic amines is 1. The van der Waals surface area contributed by atoms with E-state index in [1.54, 1.807) is 14.0 Å². The van der Waals surface area contributed by atoms with Crippen molar-refractivity contribution < 1.29 is 8.42 Å². The van der Waals surface area contributed by atoms with Crippen LogP contribution in [0.3, 0.4) is 0 Å². The first kappa shape index (κ1) is 16.0. The lowest BCUT2D eigenvalue weighted by Gasteiger charge is -2.38. The molecule has 1 aromatic heterocycles. The maximum absolute atomic E-state index is 12.8. The van der Waals surface area contributed by atoms with Gasteiger partial charge in [0.25, 0.3) is 0 Å². The van der Waals surface area contributed by atoms with Crippen molar-refractivity contribution in [3.8, 4) is 0 Å². The summed E-state index contributed by atoms with van der Waals surface area (Å²) in [5, 5.41) is 6.54. The van der Waals surface area contributed by atoms with Crippen LogP contribution in [0.4, 0.5) is 5.69 Å². The molecule has 1 aromatic carbocycles. The lowest BCUT2D eigenvalue weighted by Crippen LogP contribution is -2.48. The van der Waals surface area contributed by atoms with Crippen molar-refractivity contribution in [1.82, 2.24) is 14.5 Å². The number of nitrogens with one attached hydrogen (secondary N) is 1. The van der Waals surface area contributed by atoms with Crippen LogP contribution in [0.5, 0.6) is 0 Å². The summed E-state index contributed by atoms with van der Waals surface area (Å²) in [6.45, 7) is 3.39. The third-order valence-electron chi connectivity index (χ3n) is 4.47. The normalized spacial score (nSPS) is 19.3. The molecule has 0 saturated carbocycles. The van der Waals surface area contributed by atoms with Crippen LogP contribution in [0.25, 0.3) is 0 Å². The monoisotopic (exact) mass is 334 g/mol. The first-order valence-corrected chi connectivity index (χ1v) is 9.22. The number of rotatable bonds is 4. The van der Waals surface area contributed by atoms with E-state index in [0.29, 0.717) is 12.2 Å². The van der Waals surface area contributed by atoms with E-state index in [9.17, 15) is 8.42 Å². The van der Waals surface area contributed by atoms with Crippen LogP contribution < -0.4 is 4.90 Å². The minimum Gasteiger partial charge on any atom is -0.370 e. The van der Waals surface area contributed by atoms with Crippen LogP contribution in [0, 0.1) is 6.92 Å². The molecule has 1 fully saturated rings. The molecule has 0 bridgehead atoms. The number of aromatic nitrogens is 2. The van der Waals surface area contributed by atoms with Crippen molar-refractivity contribution in [1.29, 1.82) is 0 Å². The summed E-state index contributed by atoms with van der Waals surface area (Å²) in [6.07, 6.45) is 3.23. The van der Waals surface area contributed by atoms with Gasteiger partial charge in [-0.3, -0.25) is 5.10 Å². The number of nitrogens with zero attached hydrogens (tertiary/aromatic N) is 3. The largest absolute Gasteiger partial charge is 0.370 e. The van der Waals surface area contributed by atoms with E-state index in [-0.39, 0.29) is 10.9 Å². The predicted octanol–water partition coefficient (Wildman–Crippen LogP) is 2.01. The fraction of sp³-hybridized carbons (Fsp3) is 0.438. The molecule has 0 radical (unpaired) electrons. The zero-order chi connectivity index (χ0) is 16.4. The standard InChI is InChI=1S/C16H22N4O2S/c1-13-16(11-17-18-13)23(21,22)19(2)15-9-6-10-20(12-15)14-7-4-3-5-8-14/h3-5,7-8,11,15H,6,9-10,12H2,1-2H3,(H,17,18)/t15-/m1/s1. The van der Waals surface area contributed by atoms with E-state index in [4.69, 9.17) is 0 Å². The molecule has 2 heterocycles. The Morgan fingerprint density at radius 3 is 2.70 bits per heavy atom. The number of sulfonamides is 1. The highest BCUT2D eigenvalue weighted by molar-refractivity contribution is 7.89. The van der Waals surface area contributed by atoms with Crippen molar-refractivity contribution in [2.24, 2.45) is 0 Å². The molecule has 1 N–H and O–H groups in total. The second-order valence-electron chi connectivity index (χ2n) is 5.96. The van der Waals surface area contributed by atoms with Gasteiger partial charge in [0.1, 0.15) is 4.90 Å². The summed E-state index contributed by atoms with van der Waals surface area (Å²) in [7, 11) is -1.85. The number of piperidine rings is 1. The van der Waals surface area contributed by atoms with E-state index in [1.165, 1.54) is 10.5 Å². The molecule has 2 aromatic rings. The predicted molar refractivity (Wildman–Crippen MR) is 90.0 cm³/mol. The van der Waals surface area contributed by atoms with E-state index < -0.39 is 10.0 Å². The summed E-state index contributed by atoms with van der Waals surface area (Å²) < 4.78 is 27.1. The van der Waals surface area contributed by atoms with Crippen LogP contribution in [0.15, 0.2) is 41.4 Å². The molecule has 1 aliphatic rings. The number of hydrogen-bond donors (Lipinski definition) is 1. The van der Waals surface area contributed by atoms with Crippen molar-refractivity contribution in [3.05, 3.63) is 42.2 Å². The van der Waals surface area contributed by atoms with Crippen molar-refractivity contribution in [2.45, 2.75) is 30.7 Å². The zero-order valence-electron chi connectivity index (χ0n) is 13.4. The molecule has 0 unspecified atom stereocenters. The van der Waals surface area contributed by atoms with Gasteiger partial charge in [0, 0.05) is 31.9 Å². The lowest BCUT2D eigenvalue weighted by atomic mass is 10.1. The Morgan fingerprint density at radius 2 is 2.04 bits per heavy atom. The topological polar surface area (TPSA) is 69.3 Å². The Balaban J connectivity index is 1.80. The first-order chi connectivity index (χ1) is 11.0. The molecule has 0 amide bonds. The second-order valence-corrected chi connectivity index (χ2v) is 7.92. The molecule has 1 atom stereocenters. The minimum atomic E-state index is -3.52. The molecular formula is C16H22N4O2S. The maximum Gasteiger partial charge on any atom is 0.246 e. The minimum absolute atomic E-state index is 0.0387. The number of para-hydroxylation sites is 1. The first-order valence-electron chi connectivity index (χ1n) is 7.78. The van der Waals surface area contributed by atoms with Crippen LogP contribution in [0.2, 0.25) is 0 Å². The molecule has 23 heavy (non-hydrogen) atoms. The average Bonchev–Trinajstić information content (AvgIpc) is 3.02. The van der Waals surface area contributed by atoms with Crippen LogP contribution in [0.1, 0.15) is 18.5 Å². The Labute approximate surface area is 137 Å². The number of anilines is 1. The fourth-order valence-corrected chi connectivity index (χ4v) is 4.57. The molecule has 3 rings (SSSR count). The van der Waals surface area contributed by atoms with Crippen molar-refractivity contribution in [3.63, 3.8) is 0 Å². The molecule has 1 saturated heterocycles. The Morgan fingerprint density at radius 1 is 1.30 bits per heavy atom. The quantitative estimate of drug-likeness (QED) is 0.928. The Kier molecular flexibility index (Phi) is 4.41. The average molecular weight is 334 g/mol. The van der Waals surface area contributed by atoms with Gasteiger partial charge in [-0.05, 0) is 31.9 Å². The molecule has 1 aliphatic heterocycles. The van der Waals surface area contributed by atoms with Crippen molar-refractivity contribution in [2.75, 3.05) is 25.0 Å². The number of likely N-dealkylation sites (N-methyl/N-ethyl adjacent to an activating group) is 1. The zero-order valence-corrected chi connectivity index (χ0v) is 14.3. The Bertz CT molecular complexity index is 757. The summed E-state index contributed by atoms with van der Waals surface area (Å²) in [5.74, 6) is 0. The van der Waals surface area contributed by atoms with Gasteiger partial charge in [0.2, 0.25) is 10.0 Å². The molecular weight excluding hydrogens is 312 g/mol. The molecule has 0 aliphatic carbocycles. The number of benzene rings is 1. The molecule has 124 valence electrons. The van der Waals surface area contributed by atoms with E-state index >= 15 is 0 Å². The summed E-state index contributed by atoms with van der Waals surface area (Å²) in [4.78, 5) is 2.51. The van der Waals surface area contributed by atoms with Gasteiger partial charge in [-0.2, -0.15) is 9.40 Å². The van der Waals surface area contributed by atoms with Gasteiger partial charge < -0.3 is 4.90 Å². The number of hydrogen-bond acceptors (Lipinski definition) is 4. The molecule has 7 heteroatoms. The lowest BCUT2D eigenvalue weighted by molar-refractivity contribution is 0.320. The second kappa shape index (κ2) is 6.33. The highest BCUT2D eigenvalue weighted by Gasteiger charge is 2.33. The fourth-order valence-electron chi connectivity index (χ4n) is 3.08. The molecule has 0 spiro atoms. The Hall–Kier alpha value is -1.86. The van der Waals surface area contributed by atoms with Crippen LogP contribution in [-0.4, -0.2) is 49.1 Å². The number of aryl methyl sites for hydroxylation is 1. The summed E-state index contributed by atoms with van der Waals surface area (Å²) >= 11 is 0. The SMILES string of the molecule is Cc1[nH]ncc1S(=O)(=O)N(C)[C@@H]1CCCN(c2ccccc2)C1. The highest BCUT2D eigenvalue weighted by atomic mass is 32.2. The van der Waals surface area contributed by atoms with E-state index in [0.717, 1.165) is 25.1 Å². The summed E-state index contributed by atoms with van der Waals surface area (Å²) in [5.41, 5.74) is 1.72. The smallest absolute Gasteiger partial charge is 0.246 e. The van der Waals surface area contributed by atoms with Gasteiger partial charge in [-0.25, -0.2) is 8.42 Å². The summed E-state index contributed by atoms with van der Waals surface area (Å²) in [6, 6.07) is 10.1. The number of H-pyrrole nitrogens is 1. The third-order valence-corrected chi connectivity index (χ3v) is 6.50. The van der Waals surface area contributed by atoms with E-state index in [2.05, 4.69) is 27.2 Å². The van der Waals surface area contributed by atoms with Gasteiger partial charge in [-0.15, -0.1) is 0 Å². The van der Waals surface area contributed by atoms with Crippen LogP contribution in [-0.2, 0) is 10.0 Å². The van der Waals surface area contributed by atoms with Gasteiger partial charge in [-0.1, -0.05) is 18.2 Å². The van der Waals surface area contributed by atoms with Crippen LogP contribution >= 0.6 is 0 Å². The van der Waals surface area contributed by atoms with Gasteiger partial charge in [0.15, 0.2) is 0 Å². The van der Waals surface area contributed by atoms with Gasteiger partial charge >= 0.3 is 0 Å². The van der Waals surface area contributed by atoms with Crippen molar-refractivity contribution >= 4 is 15.7 Å².